The molecule has 1 amide bonds. The van der Waals surface area contributed by atoms with Crippen LogP contribution in [0.5, 0.6) is 5.75 Å². The van der Waals surface area contributed by atoms with Crippen molar-refractivity contribution in [3.05, 3.63) is 89.5 Å². The van der Waals surface area contributed by atoms with Crippen molar-refractivity contribution >= 4 is 23.6 Å². The lowest BCUT2D eigenvalue weighted by Crippen LogP contribution is -2.12. The molecule has 0 saturated heterocycles. The lowest BCUT2D eigenvalue weighted by molar-refractivity contribution is -0.195. The molecule has 0 atom stereocenters. The van der Waals surface area contributed by atoms with E-state index < -0.39 is 11.7 Å². The van der Waals surface area contributed by atoms with E-state index in [1.165, 1.54) is 18.2 Å². The van der Waals surface area contributed by atoms with Crippen LogP contribution in [0.15, 0.2) is 77.7 Å². The van der Waals surface area contributed by atoms with Crippen molar-refractivity contribution < 1.29 is 32.0 Å². The van der Waals surface area contributed by atoms with Crippen LogP contribution < -0.4 is 16.0 Å². The molecule has 6 nitrogen and oxygen atoms in total. The molecule has 0 heterocycles. The number of benzene rings is 3. The first kappa shape index (κ1) is 22.6. The lowest BCUT2D eigenvalue weighted by Gasteiger charge is -2.11. The Morgan fingerprint density at radius 1 is 1.00 bits per heavy atom. The van der Waals surface area contributed by atoms with E-state index in [9.17, 15) is 18.0 Å². The van der Waals surface area contributed by atoms with Crippen molar-refractivity contribution in [3.63, 3.8) is 0 Å². The molecule has 162 valence electrons. The third kappa shape index (κ3) is 6.46. The molecule has 0 aromatic heterocycles. The summed E-state index contributed by atoms with van der Waals surface area (Å²) in [5, 5.41) is 2.76. The monoisotopic (exact) mass is 450 g/mol. The van der Waals surface area contributed by atoms with Gasteiger partial charge in [-0.2, -0.15) is 19.1 Å². The van der Waals surface area contributed by atoms with Crippen LogP contribution in [0.2, 0.25) is 0 Å². The number of rotatable bonds is 8. The maximum atomic E-state index is 12.6. The fraction of sp³-hybridized carbons (Fsp3) is 0.0952. The molecule has 0 aliphatic heterocycles. The quantitative estimate of drug-likeness (QED) is 0.273. The van der Waals surface area contributed by atoms with Crippen LogP contribution in [0.1, 0.15) is 21.5 Å². The number of hydrogen-bond acceptors (Lipinski definition) is 6. The average Bonchev–Trinajstić information content (AvgIpc) is 2.77. The number of halogens is 3. The van der Waals surface area contributed by atoms with E-state index in [4.69, 9.17) is 10.6 Å². The SMILES string of the molecule is NOOSc1ccccc1NC(=O)c1cccc(OCc2ccc(C(F)(F)F)cc2)c1. The first-order valence-electron chi connectivity index (χ1n) is 8.86. The Kier molecular flexibility index (Phi) is 7.53. The minimum absolute atomic E-state index is 0.0547. The molecule has 0 saturated carbocycles. The van der Waals surface area contributed by atoms with E-state index in [2.05, 4.69) is 14.6 Å². The van der Waals surface area contributed by atoms with Gasteiger partial charge in [0.25, 0.3) is 5.91 Å². The van der Waals surface area contributed by atoms with Crippen molar-refractivity contribution in [2.24, 2.45) is 5.90 Å². The van der Waals surface area contributed by atoms with Crippen molar-refractivity contribution in [2.75, 3.05) is 5.32 Å². The normalized spacial score (nSPS) is 11.2. The second kappa shape index (κ2) is 10.3. The number of nitrogens with two attached hydrogens (primary N) is 1. The molecule has 0 fully saturated rings. The summed E-state index contributed by atoms with van der Waals surface area (Å²) >= 11 is 0.839. The van der Waals surface area contributed by atoms with E-state index in [1.807, 2.05) is 0 Å². The van der Waals surface area contributed by atoms with Crippen LogP contribution in [-0.2, 0) is 22.1 Å². The highest BCUT2D eigenvalue weighted by molar-refractivity contribution is 7.94. The van der Waals surface area contributed by atoms with E-state index in [1.54, 1.807) is 42.5 Å². The van der Waals surface area contributed by atoms with E-state index in [-0.39, 0.29) is 12.5 Å². The zero-order valence-electron chi connectivity index (χ0n) is 15.9. The Labute approximate surface area is 180 Å². The molecule has 3 aromatic carbocycles. The molecule has 3 aromatic rings. The highest BCUT2D eigenvalue weighted by Crippen LogP contribution is 2.30. The van der Waals surface area contributed by atoms with Gasteiger partial charge in [-0.05, 0) is 48.0 Å². The molecule has 0 spiro atoms. The fourth-order valence-corrected chi connectivity index (χ4v) is 3.03. The van der Waals surface area contributed by atoms with Gasteiger partial charge in [-0.3, -0.25) is 4.79 Å². The van der Waals surface area contributed by atoms with Crippen LogP contribution in [-0.4, -0.2) is 5.91 Å². The minimum Gasteiger partial charge on any atom is -0.489 e. The van der Waals surface area contributed by atoms with Gasteiger partial charge in [0.1, 0.15) is 12.4 Å². The number of anilines is 1. The Hall–Kier alpha value is -3.05. The topological polar surface area (TPSA) is 82.8 Å². The van der Waals surface area contributed by atoms with Gasteiger partial charge < -0.3 is 10.1 Å². The predicted molar refractivity (Wildman–Crippen MR) is 109 cm³/mol. The summed E-state index contributed by atoms with van der Waals surface area (Å²) in [5.74, 6) is 4.85. The molecule has 10 heteroatoms. The van der Waals surface area contributed by atoms with Gasteiger partial charge in [0.2, 0.25) is 0 Å². The fourth-order valence-electron chi connectivity index (χ4n) is 2.58. The molecule has 31 heavy (non-hydrogen) atoms. The van der Waals surface area contributed by atoms with Gasteiger partial charge in [-0.15, -0.1) is 9.32 Å². The van der Waals surface area contributed by atoms with Crippen molar-refractivity contribution in [3.8, 4) is 5.75 Å². The first-order valence-corrected chi connectivity index (χ1v) is 9.60. The van der Waals surface area contributed by atoms with Crippen LogP contribution in [0, 0.1) is 0 Å². The number of nitrogens with one attached hydrogen (secondary N) is 1. The van der Waals surface area contributed by atoms with E-state index in [0.717, 1.165) is 24.2 Å². The van der Waals surface area contributed by atoms with Gasteiger partial charge in [0, 0.05) is 5.56 Å². The molecular weight excluding hydrogens is 433 g/mol. The largest absolute Gasteiger partial charge is 0.489 e. The summed E-state index contributed by atoms with van der Waals surface area (Å²) < 4.78 is 48.2. The van der Waals surface area contributed by atoms with Crippen LogP contribution in [0.4, 0.5) is 18.9 Å². The molecule has 3 rings (SSSR count). The number of hydrogen-bond donors (Lipinski definition) is 2. The summed E-state index contributed by atoms with van der Waals surface area (Å²) in [7, 11) is 0. The predicted octanol–water partition coefficient (Wildman–Crippen LogP) is 5.37. The van der Waals surface area contributed by atoms with Crippen molar-refractivity contribution in [2.45, 2.75) is 17.7 Å². The maximum Gasteiger partial charge on any atom is 0.416 e. The number of carbonyl (C=O) groups excluding carboxylic acids is 1. The minimum atomic E-state index is -4.39. The Morgan fingerprint density at radius 2 is 1.74 bits per heavy atom. The molecule has 0 bridgehead atoms. The highest BCUT2D eigenvalue weighted by Gasteiger charge is 2.29. The van der Waals surface area contributed by atoms with Gasteiger partial charge in [-0.25, -0.2) is 0 Å². The maximum absolute atomic E-state index is 12.6. The summed E-state index contributed by atoms with van der Waals surface area (Å²) in [5.41, 5.74) is 0.666. The van der Waals surface area contributed by atoms with Crippen molar-refractivity contribution in [1.29, 1.82) is 0 Å². The van der Waals surface area contributed by atoms with Crippen LogP contribution in [0.25, 0.3) is 0 Å². The summed E-state index contributed by atoms with van der Waals surface area (Å²) in [4.78, 5) is 17.3. The van der Waals surface area contributed by atoms with Crippen LogP contribution >= 0.6 is 12.0 Å². The van der Waals surface area contributed by atoms with Crippen molar-refractivity contribution in [1.82, 2.24) is 0 Å². The van der Waals surface area contributed by atoms with Crippen LogP contribution in [0.3, 0.4) is 0 Å². The molecule has 3 N–H and O–H groups in total. The smallest absolute Gasteiger partial charge is 0.416 e. The summed E-state index contributed by atoms with van der Waals surface area (Å²) in [6, 6.07) is 18.0. The molecular formula is C21H17F3N2O4S. The number of para-hydroxylation sites is 1. The number of carbonyl (C=O) groups is 1. The highest BCUT2D eigenvalue weighted by atomic mass is 32.2. The zero-order valence-corrected chi connectivity index (χ0v) is 16.7. The van der Waals surface area contributed by atoms with E-state index in [0.29, 0.717) is 27.5 Å². The third-order valence-electron chi connectivity index (χ3n) is 4.08. The number of amides is 1. The third-order valence-corrected chi connectivity index (χ3v) is 4.76. The zero-order chi connectivity index (χ0) is 22.3. The average molecular weight is 450 g/mol. The van der Waals surface area contributed by atoms with Gasteiger partial charge in [0.15, 0.2) is 0 Å². The second-order valence-electron chi connectivity index (χ2n) is 6.21. The number of alkyl halides is 3. The Balaban J connectivity index is 1.64. The molecule has 0 radical (unpaired) electrons. The Morgan fingerprint density at radius 3 is 2.45 bits per heavy atom. The van der Waals surface area contributed by atoms with Gasteiger partial charge in [-0.1, -0.05) is 30.3 Å². The lowest BCUT2D eigenvalue weighted by atomic mass is 10.1. The summed E-state index contributed by atoms with van der Waals surface area (Å²) in [6.07, 6.45) is -4.39. The number of ether oxygens (including phenoxy) is 1. The molecule has 0 aliphatic rings. The van der Waals surface area contributed by atoms with Gasteiger partial charge in [0.05, 0.1) is 28.2 Å². The Bertz CT molecular complexity index is 1030. The van der Waals surface area contributed by atoms with Gasteiger partial charge >= 0.3 is 6.18 Å². The first-order chi connectivity index (χ1) is 14.9. The molecule has 0 aliphatic carbocycles. The van der Waals surface area contributed by atoms with E-state index >= 15 is 0 Å². The summed E-state index contributed by atoms with van der Waals surface area (Å²) in [6.45, 7) is 0.0547. The standard InChI is InChI=1S/C21H17F3N2O4S/c22-21(23,24)16-10-8-14(9-11-16)13-28-17-5-3-4-15(12-17)20(27)26-18-6-1-2-7-19(18)31-30-29-25/h1-12H,13,25H2,(H,26,27). The second-order valence-corrected chi connectivity index (χ2v) is 6.95. The molecule has 0 unspecified atom stereocenters.